The first kappa shape index (κ1) is 22.9. The molecule has 1 aliphatic rings. The lowest BCUT2D eigenvalue weighted by atomic mass is 9.62. The van der Waals surface area contributed by atoms with E-state index in [1.54, 1.807) is 27.7 Å². The fourth-order valence-corrected chi connectivity index (χ4v) is 3.15. The fraction of sp³-hybridized carbons (Fsp3) is 0.545. The van der Waals surface area contributed by atoms with Gasteiger partial charge in [0.25, 0.3) is 0 Å². The number of hydrogen-bond donors (Lipinski definition) is 3. The van der Waals surface area contributed by atoms with Gasteiger partial charge >= 0.3 is 5.97 Å². The third-order valence-electron chi connectivity index (χ3n) is 5.39. The van der Waals surface area contributed by atoms with Crippen LogP contribution < -0.4 is 0 Å². The number of allylic oxidation sites excluding steroid dienone is 3. The highest BCUT2D eigenvalue weighted by Crippen LogP contribution is 2.46. The predicted octanol–water partition coefficient (Wildman–Crippen LogP) is 3.17. The van der Waals surface area contributed by atoms with Crippen molar-refractivity contribution < 1.29 is 24.9 Å². The van der Waals surface area contributed by atoms with Crippen LogP contribution in [0.25, 0.3) is 0 Å². The first-order valence-corrected chi connectivity index (χ1v) is 9.15. The molecule has 5 nitrogen and oxygen atoms in total. The van der Waals surface area contributed by atoms with E-state index >= 15 is 0 Å². The van der Waals surface area contributed by atoms with Crippen LogP contribution in [0.15, 0.2) is 34.9 Å². The first-order valence-electron chi connectivity index (χ1n) is 9.15. The minimum Gasteiger partial charge on any atom is -0.478 e. The average molecular weight is 374 g/mol. The van der Waals surface area contributed by atoms with Gasteiger partial charge in [0, 0.05) is 17.9 Å². The van der Waals surface area contributed by atoms with Gasteiger partial charge in [-0.05, 0) is 43.9 Å². The summed E-state index contributed by atoms with van der Waals surface area (Å²) in [5.41, 5.74) is -2.34. The van der Waals surface area contributed by atoms with Gasteiger partial charge in [-0.1, -0.05) is 45.6 Å². The predicted molar refractivity (Wildman–Crippen MR) is 105 cm³/mol. The van der Waals surface area contributed by atoms with Crippen LogP contribution in [0.1, 0.15) is 60.8 Å². The van der Waals surface area contributed by atoms with E-state index < -0.39 is 22.6 Å². The van der Waals surface area contributed by atoms with E-state index in [2.05, 4.69) is 11.8 Å². The Bertz CT molecular complexity index is 766. The summed E-state index contributed by atoms with van der Waals surface area (Å²) in [6.07, 6.45) is 5.07. The van der Waals surface area contributed by atoms with E-state index in [1.165, 1.54) is 12.2 Å². The van der Waals surface area contributed by atoms with Crippen molar-refractivity contribution in [2.75, 3.05) is 0 Å². The average Bonchev–Trinajstić information content (AvgIpc) is 2.57. The molecule has 0 bridgehead atoms. The van der Waals surface area contributed by atoms with Crippen molar-refractivity contribution in [3.8, 4) is 11.8 Å². The lowest BCUT2D eigenvalue weighted by Crippen LogP contribution is -2.49. The Balaban J connectivity index is 3.51. The molecule has 5 heteroatoms. The third-order valence-corrected chi connectivity index (χ3v) is 5.39. The molecule has 0 saturated carbocycles. The number of carboxylic acid groups (broad SMARTS) is 1. The number of hydrogen-bond acceptors (Lipinski definition) is 4. The third kappa shape index (κ3) is 4.97. The van der Waals surface area contributed by atoms with Crippen LogP contribution in [-0.4, -0.2) is 38.3 Å². The highest BCUT2D eigenvalue weighted by atomic mass is 16.4. The maximum Gasteiger partial charge on any atom is 0.328 e. The number of aliphatic hydroxyl groups is 2. The van der Waals surface area contributed by atoms with Crippen molar-refractivity contribution in [3.63, 3.8) is 0 Å². The lowest BCUT2D eigenvalue weighted by Gasteiger charge is -2.45. The van der Waals surface area contributed by atoms with Gasteiger partial charge in [0.2, 0.25) is 0 Å². The number of carbonyl (C=O) groups excluding carboxylic acids is 1. The molecule has 0 spiro atoms. The van der Waals surface area contributed by atoms with Crippen LogP contribution >= 0.6 is 0 Å². The van der Waals surface area contributed by atoms with Crippen molar-refractivity contribution in [2.24, 2.45) is 5.41 Å². The molecule has 0 aliphatic heterocycles. The van der Waals surface area contributed by atoms with Crippen LogP contribution in [0.2, 0.25) is 0 Å². The molecule has 0 fully saturated rings. The molecule has 0 aromatic carbocycles. The zero-order valence-corrected chi connectivity index (χ0v) is 17.0. The molecule has 0 aromatic heterocycles. The monoisotopic (exact) mass is 374 g/mol. The summed E-state index contributed by atoms with van der Waals surface area (Å²) in [6, 6.07) is 0. The van der Waals surface area contributed by atoms with Gasteiger partial charge in [-0.25, -0.2) is 4.79 Å². The molecular weight excluding hydrogens is 344 g/mol. The van der Waals surface area contributed by atoms with E-state index in [0.717, 1.165) is 6.08 Å². The molecule has 27 heavy (non-hydrogen) atoms. The second-order valence-electron chi connectivity index (χ2n) is 7.80. The standard InChI is InChI=1S/C22H30O5/c1-7-21(26,8-2)11-10-17-16(4)22(27,20(5,6)14-18(17)23)12-9-15(3)13-19(24)25/h9,12-13,26-27H,7-8,14H2,1-6H3,(H,24,25)/b12-9+,15-13-/t22-/m1/s1. The lowest BCUT2D eigenvalue weighted by molar-refractivity contribution is -0.131. The van der Waals surface area contributed by atoms with E-state index in [-0.39, 0.29) is 17.8 Å². The maximum atomic E-state index is 12.6. The molecule has 1 rings (SSSR count). The normalized spacial score (nSPS) is 23.4. The molecule has 0 unspecified atom stereocenters. The van der Waals surface area contributed by atoms with E-state index in [0.29, 0.717) is 24.0 Å². The van der Waals surface area contributed by atoms with Gasteiger partial charge in [-0.2, -0.15) is 0 Å². The molecule has 148 valence electrons. The summed E-state index contributed by atoms with van der Waals surface area (Å²) in [7, 11) is 0. The Kier molecular flexibility index (Phi) is 6.99. The van der Waals surface area contributed by atoms with Gasteiger partial charge in [-0.3, -0.25) is 4.79 Å². The summed E-state index contributed by atoms with van der Waals surface area (Å²) in [5.74, 6) is 4.35. The fourth-order valence-electron chi connectivity index (χ4n) is 3.15. The summed E-state index contributed by atoms with van der Waals surface area (Å²) in [6.45, 7) is 10.5. The number of rotatable bonds is 5. The molecule has 1 atom stereocenters. The van der Waals surface area contributed by atoms with Crippen molar-refractivity contribution in [3.05, 3.63) is 34.9 Å². The van der Waals surface area contributed by atoms with Crippen molar-refractivity contribution in [1.82, 2.24) is 0 Å². The molecule has 0 saturated heterocycles. The second-order valence-corrected chi connectivity index (χ2v) is 7.80. The second kappa shape index (κ2) is 8.24. The van der Waals surface area contributed by atoms with Gasteiger partial charge in [-0.15, -0.1) is 0 Å². The van der Waals surface area contributed by atoms with Crippen molar-refractivity contribution >= 4 is 11.8 Å². The molecule has 0 radical (unpaired) electrons. The zero-order chi connectivity index (χ0) is 21.0. The number of aliphatic carboxylic acids is 1. The summed E-state index contributed by atoms with van der Waals surface area (Å²) >= 11 is 0. The van der Waals surface area contributed by atoms with Crippen LogP contribution in [-0.2, 0) is 9.59 Å². The number of Topliss-reactive ketones (excluding diaryl/α,β-unsaturated/α-hetero) is 1. The molecule has 0 heterocycles. The molecule has 0 aromatic rings. The molecular formula is C22H30O5. The van der Waals surface area contributed by atoms with Gasteiger partial charge in [0.15, 0.2) is 5.78 Å². The van der Waals surface area contributed by atoms with Gasteiger partial charge in [0.05, 0.1) is 5.57 Å². The van der Waals surface area contributed by atoms with Crippen LogP contribution in [0.5, 0.6) is 0 Å². The Morgan fingerprint density at radius 3 is 2.33 bits per heavy atom. The Morgan fingerprint density at radius 1 is 1.30 bits per heavy atom. The topological polar surface area (TPSA) is 94.8 Å². The number of carboxylic acids is 1. The summed E-state index contributed by atoms with van der Waals surface area (Å²) < 4.78 is 0. The summed E-state index contributed by atoms with van der Waals surface area (Å²) in [5, 5.41) is 30.6. The quantitative estimate of drug-likeness (QED) is 0.390. The number of carbonyl (C=O) groups is 2. The smallest absolute Gasteiger partial charge is 0.328 e. The minimum absolute atomic E-state index is 0.0908. The van der Waals surface area contributed by atoms with E-state index in [1.807, 2.05) is 13.8 Å². The Hall–Kier alpha value is -2.16. The van der Waals surface area contributed by atoms with Crippen molar-refractivity contribution in [2.45, 2.75) is 72.0 Å². The largest absolute Gasteiger partial charge is 0.478 e. The number of ketones is 1. The van der Waals surface area contributed by atoms with Gasteiger partial charge in [0.1, 0.15) is 11.2 Å². The Labute approximate surface area is 161 Å². The van der Waals surface area contributed by atoms with E-state index in [4.69, 9.17) is 5.11 Å². The van der Waals surface area contributed by atoms with Crippen LogP contribution in [0, 0.1) is 17.3 Å². The SMILES string of the molecule is CCC(O)(C#CC1=C(C)[C@](O)(/C=C/C(C)=C\C(=O)O)C(C)(C)CC1=O)CC. The summed E-state index contributed by atoms with van der Waals surface area (Å²) in [4.78, 5) is 23.4. The molecule has 3 N–H and O–H groups in total. The Morgan fingerprint density at radius 2 is 1.85 bits per heavy atom. The molecule has 1 aliphatic carbocycles. The maximum absolute atomic E-state index is 12.6. The molecule has 0 amide bonds. The van der Waals surface area contributed by atoms with Crippen LogP contribution in [0.4, 0.5) is 0 Å². The van der Waals surface area contributed by atoms with E-state index in [9.17, 15) is 19.8 Å². The highest BCUT2D eigenvalue weighted by Gasteiger charge is 2.49. The zero-order valence-electron chi connectivity index (χ0n) is 17.0. The van der Waals surface area contributed by atoms with Crippen LogP contribution in [0.3, 0.4) is 0 Å². The first-order chi connectivity index (χ1) is 12.3. The van der Waals surface area contributed by atoms with Crippen molar-refractivity contribution in [1.29, 1.82) is 0 Å². The van der Waals surface area contributed by atoms with Gasteiger partial charge < -0.3 is 15.3 Å². The minimum atomic E-state index is -1.46. The highest BCUT2D eigenvalue weighted by molar-refractivity contribution is 6.02.